The van der Waals surface area contributed by atoms with Crippen molar-refractivity contribution >= 4 is 22.8 Å². The van der Waals surface area contributed by atoms with E-state index >= 15 is 0 Å². The lowest BCUT2D eigenvalue weighted by Crippen LogP contribution is -2.46. The molecule has 2 fully saturated rings. The lowest BCUT2D eigenvalue weighted by atomic mass is 9.78. The Balaban J connectivity index is 1.62. The highest BCUT2D eigenvalue weighted by atomic mass is 16.5. The van der Waals surface area contributed by atoms with Gasteiger partial charge in [0.2, 0.25) is 5.91 Å². The van der Waals surface area contributed by atoms with Crippen molar-refractivity contribution in [3.05, 3.63) is 34.6 Å². The molecule has 0 spiro atoms. The summed E-state index contributed by atoms with van der Waals surface area (Å²) in [4.78, 5) is 32.7. The number of benzene rings is 1. The number of hydrogen-bond donors (Lipinski definition) is 1. The number of nitrogens with one attached hydrogen (secondary N) is 1. The average molecular weight is 399 g/mol. The van der Waals surface area contributed by atoms with Crippen LogP contribution in [0.1, 0.15) is 33.1 Å². The number of nitrogens with zero attached hydrogens (tertiary/aromatic N) is 3. The summed E-state index contributed by atoms with van der Waals surface area (Å²) >= 11 is 0. The summed E-state index contributed by atoms with van der Waals surface area (Å²) in [6.07, 6.45) is 3.35. The molecule has 1 amide bonds. The number of rotatable bonds is 4. The van der Waals surface area contributed by atoms with Crippen molar-refractivity contribution < 1.29 is 9.53 Å². The van der Waals surface area contributed by atoms with E-state index in [2.05, 4.69) is 24.1 Å². The molecule has 1 aliphatic heterocycles. The molecule has 1 aromatic heterocycles. The average Bonchev–Trinajstić information content (AvgIpc) is 2.74. The van der Waals surface area contributed by atoms with Crippen LogP contribution >= 0.6 is 0 Å². The minimum atomic E-state index is -0.217. The van der Waals surface area contributed by atoms with E-state index in [1.54, 1.807) is 4.57 Å². The molecule has 7 heteroatoms. The molecule has 4 rings (SSSR count). The number of carbonyl (C=O) groups is 1. The van der Waals surface area contributed by atoms with Gasteiger partial charge in [0.25, 0.3) is 5.56 Å². The van der Waals surface area contributed by atoms with E-state index in [0.29, 0.717) is 49.5 Å². The van der Waals surface area contributed by atoms with Crippen LogP contribution in [0, 0.1) is 11.8 Å². The van der Waals surface area contributed by atoms with Gasteiger partial charge in [-0.15, -0.1) is 0 Å². The molecular weight excluding hydrogens is 368 g/mol. The Bertz CT molecular complexity index is 935. The first kappa shape index (κ1) is 19.9. The smallest absolute Gasteiger partial charge is 0.294 e. The first-order valence-corrected chi connectivity index (χ1v) is 10.7. The summed E-state index contributed by atoms with van der Waals surface area (Å²) in [5.41, 5.74) is 1.20. The molecule has 1 aliphatic carbocycles. The molecule has 2 aromatic rings. The summed E-state index contributed by atoms with van der Waals surface area (Å²) in [5.74, 6) is 1.34. The van der Waals surface area contributed by atoms with Gasteiger partial charge in [-0.3, -0.25) is 14.2 Å². The topological polar surface area (TPSA) is 76.5 Å². The van der Waals surface area contributed by atoms with Crippen molar-refractivity contribution in [1.82, 2.24) is 14.9 Å². The maximum Gasteiger partial charge on any atom is 0.294 e. The number of morpholine rings is 1. The molecule has 1 saturated carbocycles. The zero-order chi connectivity index (χ0) is 20.4. The van der Waals surface area contributed by atoms with E-state index in [9.17, 15) is 9.59 Å². The van der Waals surface area contributed by atoms with Gasteiger partial charge in [-0.1, -0.05) is 38.8 Å². The highest BCUT2D eigenvalue weighted by Gasteiger charge is 2.28. The highest BCUT2D eigenvalue weighted by molar-refractivity contribution is 5.81. The van der Waals surface area contributed by atoms with Gasteiger partial charge in [0.15, 0.2) is 5.82 Å². The van der Waals surface area contributed by atoms with Crippen LogP contribution in [0.5, 0.6) is 0 Å². The maximum atomic E-state index is 13.3. The largest absolute Gasteiger partial charge is 0.378 e. The fraction of sp³-hybridized carbons (Fsp3) is 0.591. The second-order valence-corrected chi connectivity index (χ2v) is 8.36. The Hall–Kier alpha value is -2.41. The van der Waals surface area contributed by atoms with Crippen molar-refractivity contribution in [2.24, 2.45) is 11.8 Å². The second-order valence-electron chi connectivity index (χ2n) is 8.36. The molecule has 1 aromatic carbocycles. The Morgan fingerprint density at radius 3 is 2.76 bits per heavy atom. The van der Waals surface area contributed by atoms with Crippen LogP contribution in [-0.4, -0.2) is 47.8 Å². The zero-order valence-corrected chi connectivity index (χ0v) is 17.3. The third-order valence-electron chi connectivity index (χ3n) is 6.50. The predicted molar refractivity (Wildman–Crippen MR) is 113 cm³/mol. The van der Waals surface area contributed by atoms with Crippen LogP contribution < -0.4 is 15.8 Å². The second kappa shape index (κ2) is 8.53. The number of fused-ring (bicyclic) bond motifs is 1. The minimum Gasteiger partial charge on any atom is -0.378 e. The SMILES string of the molecule is C[C@H]1[C@H](C)CCC[C@@H]1NC(=O)Cn1c(=O)c(N2CCOCC2)nc2ccccc21. The Labute approximate surface area is 171 Å². The number of carbonyl (C=O) groups excluding carboxylic acids is 1. The van der Waals surface area contributed by atoms with Gasteiger partial charge in [-0.05, 0) is 30.4 Å². The van der Waals surface area contributed by atoms with Crippen molar-refractivity contribution in [3.63, 3.8) is 0 Å². The fourth-order valence-electron chi connectivity index (χ4n) is 4.50. The normalized spacial score (nSPS) is 25.2. The molecule has 1 saturated heterocycles. The van der Waals surface area contributed by atoms with E-state index in [0.717, 1.165) is 18.4 Å². The van der Waals surface area contributed by atoms with Crippen molar-refractivity contribution in [2.75, 3.05) is 31.2 Å². The monoisotopic (exact) mass is 398 g/mol. The fourth-order valence-corrected chi connectivity index (χ4v) is 4.50. The molecule has 7 nitrogen and oxygen atoms in total. The van der Waals surface area contributed by atoms with Gasteiger partial charge in [-0.2, -0.15) is 0 Å². The van der Waals surface area contributed by atoms with Crippen molar-refractivity contribution in [3.8, 4) is 0 Å². The quantitative estimate of drug-likeness (QED) is 0.854. The van der Waals surface area contributed by atoms with E-state index in [4.69, 9.17) is 4.74 Å². The van der Waals surface area contributed by atoms with Crippen LogP contribution in [0.15, 0.2) is 29.1 Å². The summed E-state index contributed by atoms with van der Waals surface area (Å²) in [6, 6.07) is 7.69. The lowest BCUT2D eigenvalue weighted by molar-refractivity contribution is -0.123. The predicted octanol–water partition coefficient (Wildman–Crippen LogP) is 2.17. The van der Waals surface area contributed by atoms with Crippen molar-refractivity contribution in [1.29, 1.82) is 0 Å². The third kappa shape index (κ3) is 4.15. The van der Waals surface area contributed by atoms with E-state index in [1.807, 2.05) is 29.2 Å². The van der Waals surface area contributed by atoms with E-state index in [-0.39, 0.29) is 24.1 Å². The van der Waals surface area contributed by atoms with Gasteiger partial charge in [0, 0.05) is 19.1 Å². The van der Waals surface area contributed by atoms with Gasteiger partial charge in [0.05, 0.1) is 24.2 Å². The molecule has 3 atom stereocenters. The summed E-state index contributed by atoms with van der Waals surface area (Å²) < 4.78 is 6.97. The van der Waals surface area contributed by atoms with E-state index < -0.39 is 0 Å². The Morgan fingerprint density at radius 2 is 1.97 bits per heavy atom. The Kier molecular flexibility index (Phi) is 5.85. The number of hydrogen-bond acceptors (Lipinski definition) is 5. The number of ether oxygens (including phenoxy) is 1. The first-order valence-electron chi connectivity index (χ1n) is 10.7. The van der Waals surface area contributed by atoms with Gasteiger partial charge in [-0.25, -0.2) is 4.98 Å². The first-order chi connectivity index (χ1) is 14.0. The Morgan fingerprint density at radius 1 is 1.21 bits per heavy atom. The van der Waals surface area contributed by atoms with Crippen LogP contribution in [0.4, 0.5) is 5.82 Å². The molecule has 2 heterocycles. The van der Waals surface area contributed by atoms with Gasteiger partial charge >= 0.3 is 0 Å². The summed E-state index contributed by atoms with van der Waals surface area (Å²) in [5, 5.41) is 3.19. The van der Waals surface area contributed by atoms with Gasteiger partial charge < -0.3 is 15.0 Å². The maximum absolute atomic E-state index is 13.3. The van der Waals surface area contributed by atoms with Gasteiger partial charge in [0.1, 0.15) is 6.54 Å². The lowest BCUT2D eigenvalue weighted by Gasteiger charge is -2.34. The number of amides is 1. The number of para-hydroxylation sites is 2. The highest BCUT2D eigenvalue weighted by Crippen LogP contribution is 2.29. The van der Waals surface area contributed by atoms with Crippen molar-refractivity contribution in [2.45, 2.75) is 45.7 Å². The van der Waals surface area contributed by atoms with Crippen LogP contribution in [-0.2, 0) is 16.1 Å². The molecule has 2 aliphatic rings. The molecule has 0 radical (unpaired) electrons. The minimum absolute atomic E-state index is 0.0107. The van der Waals surface area contributed by atoms with Crippen LogP contribution in [0.2, 0.25) is 0 Å². The molecule has 1 N–H and O–H groups in total. The van der Waals surface area contributed by atoms with E-state index in [1.165, 1.54) is 6.42 Å². The standard InChI is InChI=1S/C22H30N4O3/c1-15-6-5-8-17(16(15)2)23-20(27)14-26-19-9-4-3-7-18(19)24-21(22(26)28)25-10-12-29-13-11-25/h3-4,7,9,15-17H,5-6,8,10-14H2,1-2H3,(H,23,27)/t15-,16+,17+/m1/s1. The molecule has 29 heavy (non-hydrogen) atoms. The number of aromatic nitrogens is 2. The van der Waals surface area contributed by atoms with Crippen LogP contribution in [0.25, 0.3) is 11.0 Å². The molecule has 0 bridgehead atoms. The molecular formula is C22H30N4O3. The number of anilines is 1. The third-order valence-corrected chi connectivity index (χ3v) is 6.50. The summed E-state index contributed by atoms with van der Waals surface area (Å²) in [7, 11) is 0. The zero-order valence-electron chi connectivity index (χ0n) is 17.3. The molecule has 156 valence electrons. The van der Waals surface area contributed by atoms with Crippen LogP contribution in [0.3, 0.4) is 0 Å². The molecule has 0 unspecified atom stereocenters. The summed E-state index contributed by atoms with van der Waals surface area (Å²) in [6.45, 7) is 6.88.